The highest BCUT2D eigenvalue weighted by Gasteiger charge is 2.31. The monoisotopic (exact) mass is 246 g/mol. The van der Waals surface area contributed by atoms with E-state index in [2.05, 4.69) is 0 Å². The molecule has 94 valence electrons. The molecule has 5 nitrogen and oxygen atoms in total. The van der Waals surface area contributed by atoms with Gasteiger partial charge in [0.15, 0.2) is 5.75 Å². The van der Waals surface area contributed by atoms with Crippen LogP contribution in [-0.4, -0.2) is 22.0 Å². The highest BCUT2D eigenvalue weighted by molar-refractivity contribution is 5.47. The molecule has 1 unspecified atom stereocenters. The highest BCUT2D eigenvalue weighted by Crippen LogP contribution is 2.28. The zero-order valence-corrected chi connectivity index (χ0v) is 9.06. The van der Waals surface area contributed by atoms with E-state index in [1.165, 1.54) is 6.07 Å². The summed E-state index contributed by atoms with van der Waals surface area (Å²) in [5, 5.41) is 19.7. The number of hydrogen-bond donors (Lipinski definition) is 2. The number of nitrogens with zero attached hydrogens (tertiary/aromatic N) is 1. The van der Waals surface area contributed by atoms with Crippen molar-refractivity contribution in [2.24, 2.45) is 5.73 Å². The summed E-state index contributed by atoms with van der Waals surface area (Å²) in [6.07, 6.45) is -2.96. The zero-order chi connectivity index (χ0) is 13.2. The third kappa shape index (κ3) is 3.10. The lowest BCUT2D eigenvalue weighted by molar-refractivity contribution is -0.385. The van der Waals surface area contributed by atoms with E-state index in [1.54, 1.807) is 0 Å². The zero-order valence-electron chi connectivity index (χ0n) is 9.06. The Morgan fingerprint density at radius 2 is 2.18 bits per heavy atom. The largest absolute Gasteiger partial charge is 0.502 e. The molecule has 0 aromatic heterocycles. The molecule has 0 saturated heterocycles. The molecule has 1 aromatic carbocycles. The Morgan fingerprint density at radius 1 is 1.59 bits per heavy atom. The van der Waals surface area contributed by atoms with Gasteiger partial charge in [-0.25, -0.2) is 8.78 Å². The van der Waals surface area contributed by atoms with Crippen LogP contribution in [0.15, 0.2) is 18.2 Å². The molecule has 1 atom stereocenters. The van der Waals surface area contributed by atoms with E-state index in [1.807, 2.05) is 0 Å². The van der Waals surface area contributed by atoms with Gasteiger partial charge in [-0.2, -0.15) is 0 Å². The third-order valence-electron chi connectivity index (χ3n) is 2.32. The Kier molecular flexibility index (Phi) is 3.62. The summed E-state index contributed by atoms with van der Waals surface area (Å²) in [5.74, 6) is -0.505. The van der Waals surface area contributed by atoms with E-state index in [-0.39, 0.29) is 12.0 Å². The van der Waals surface area contributed by atoms with Gasteiger partial charge in [0.2, 0.25) is 0 Å². The topological polar surface area (TPSA) is 89.4 Å². The molecule has 1 rings (SSSR count). The number of nitro groups is 1. The lowest BCUT2D eigenvalue weighted by Gasteiger charge is -2.23. The summed E-state index contributed by atoms with van der Waals surface area (Å²) in [6.45, 7) is 1.16. The Bertz CT molecular complexity index is 436. The van der Waals surface area contributed by atoms with E-state index >= 15 is 0 Å². The van der Waals surface area contributed by atoms with Crippen LogP contribution in [0.4, 0.5) is 14.5 Å². The maximum absolute atomic E-state index is 12.5. The number of phenols is 1. The number of benzene rings is 1. The first-order chi connectivity index (χ1) is 7.74. The van der Waals surface area contributed by atoms with Crippen LogP contribution >= 0.6 is 0 Å². The molecule has 0 bridgehead atoms. The number of aromatic hydroxyl groups is 1. The SMILES string of the molecule is CC(N)(Cc1ccc(O)c([N+](=O)[O-])c1)C(F)F. The van der Waals surface area contributed by atoms with Crippen molar-refractivity contribution in [2.75, 3.05) is 0 Å². The molecule has 0 aliphatic heterocycles. The summed E-state index contributed by atoms with van der Waals surface area (Å²) in [5.41, 5.74) is 3.37. The normalized spacial score (nSPS) is 14.6. The van der Waals surface area contributed by atoms with Crippen molar-refractivity contribution in [1.82, 2.24) is 0 Å². The Hall–Kier alpha value is -1.76. The molecule has 7 heteroatoms. The van der Waals surface area contributed by atoms with E-state index in [0.29, 0.717) is 0 Å². The van der Waals surface area contributed by atoms with Crippen LogP contribution in [0, 0.1) is 10.1 Å². The van der Waals surface area contributed by atoms with Crippen molar-refractivity contribution in [3.8, 4) is 5.75 Å². The van der Waals surface area contributed by atoms with Crippen molar-refractivity contribution in [1.29, 1.82) is 0 Å². The Balaban J connectivity index is 3.01. The van der Waals surface area contributed by atoms with Gasteiger partial charge in [-0.05, 0) is 25.0 Å². The lowest BCUT2D eigenvalue weighted by atomic mass is 9.94. The molecule has 0 radical (unpaired) electrons. The molecular weight excluding hydrogens is 234 g/mol. The number of alkyl halides is 2. The molecule has 1 aromatic rings. The van der Waals surface area contributed by atoms with Crippen LogP contribution in [-0.2, 0) is 6.42 Å². The average molecular weight is 246 g/mol. The van der Waals surface area contributed by atoms with Gasteiger partial charge in [0.25, 0.3) is 6.43 Å². The smallest absolute Gasteiger partial charge is 0.310 e. The van der Waals surface area contributed by atoms with E-state index < -0.39 is 28.3 Å². The molecule has 0 heterocycles. The Labute approximate surface area is 96.0 Å². The van der Waals surface area contributed by atoms with Gasteiger partial charge < -0.3 is 10.8 Å². The van der Waals surface area contributed by atoms with Crippen molar-refractivity contribution >= 4 is 5.69 Å². The Morgan fingerprint density at radius 3 is 2.65 bits per heavy atom. The van der Waals surface area contributed by atoms with E-state index in [9.17, 15) is 24.0 Å². The summed E-state index contributed by atoms with van der Waals surface area (Å²) in [6, 6.07) is 3.47. The van der Waals surface area contributed by atoms with Gasteiger partial charge in [0.1, 0.15) is 0 Å². The second-order valence-corrected chi connectivity index (χ2v) is 4.06. The third-order valence-corrected chi connectivity index (χ3v) is 2.32. The second-order valence-electron chi connectivity index (χ2n) is 4.06. The first-order valence-corrected chi connectivity index (χ1v) is 4.77. The predicted molar refractivity (Wildman–Crippen MR) is 57.1 cm³/mol. The summed E-state index contributed by atoms with van der Waals surface area (Å²) in [7, 11) is 0. The van der Waals surface area contributed by atoms with Crippen LogP contribution in [0.5, 0.6) is 5.75 Å². The summed E-state index contributed by atoms with van der Waals surface area (Å²) in [4.78, 5) is 9.76. The first kappa shape index (κ1) is 13.3. The fourth-order valence-electron chi connectivity index (χ4n) is 1.34. The van der Waals surface area contributed by atoms with Crippen molar-refractivity contribution in [3.05, 3.63) is 33.9 Å². The molecule has 0 fully saturated rings. The van der Waals surface area contributed by atoms with Gasteiger partial charge in [0.05, 0.1) is 10.5 Å². The molecule has 17 heavy (non-hydrogen) atoms. The van der Waals surface area contributed by atoms with Crippen molar-refractivity contribution in [3.63, 3.8) is 0 Å². The maximum atomic E-state index is 12.5. The van der Waals surface area contributed by atoms with Gasteiger partial charge in [-0.15, -0.1) is 0 Å². The summed E-state index contributed by atoms with van der Waals surface area (Å²) >= 11 is 0. The molecule has 0 saturated carbocycles. The van der Waals surface area contributed by atoms with E-state index in [4.69, 9.17) is 5.73 Å². The molecule has 0 amide bonds. The van der Waals surface area contributed by atoms with Crippen LogP contribution in [0.1, 0.15) is 12.5 Å². The quantitative estimate of drug-likeness (QED) is 0.626. The van der Waals surface area contributed by atoms with Crippen LogP contribution in [0.3, 0.4) is 0 Å². The fraction of sp³-hybridized carbons (Fsp3) is 0.400. The van der Waals surface area contributed by atoms with Crippen molar-refractivity contribution in [2.45, 2.75) is 25.3 Å². The molecule has 0 aliphatic rings. The van der Waals surface area contributed by atoms with Crippen LogP contribution in [0.25, 0.3) is 0 Å². The van der Waals surface area contributed by atoms with Crippen molar-refractivity contribution < 1.29 is 18.8 Å². The number of nitrogens with two attached hydrogens (primary N) is 1. The van der Waals surface area contributed by atoms with E-state index in [0.717, 1.165) is 19.1 Å². The predicted octanol–water partition coefficient (Wildman–Crippen LogP) is 1.83. The standard InChI is InChI=1S/C10H12F2N2O3/c1-10(13,9(11)12)5-6-2-3-8(15)7(4-6)14(16)17/h2-4,9,15H,5,13H2,1H3. The minimum absolute atomic E-state index is 0.216. The van der Waals surface area contributed by atoms with Gasteiger partial charge in [-0.3, -0.25) is 10.1 Å². The average Bonchev–Trinajstić information content (AvgIpc) is 2.20. The van der Waals surface area contributed by atoms with Gasteiger partial charge in [-0.1, -0.05) is 6.07 Å². The van der Waals surface area contributed by atoms with Gasteiger partial charge >= 0.3 is 5.69 Å². The second kappa shape index (κ2) is 4.62. The maximum Gasteiger partial charge on any atom is 0.310 e. The van der Waals surface area contributed by atoms with Crippen LogP contribution < -0.4 is 5.73 Å². The van der Waals surface area contributed by atoms with Crippen LogP contribution in [0.2, 0.25) is 0 Å². The molecular formula is C10H12F2N2O3. The lowest BCUT2D eigenvalue weighted by Crippen LogP contribution is -2.45. The minimum Gasteiger partial charge on any atom is -0.502 e. The number of rotatable bonds is 4. The number of nitro benzene ring substituents is 1. The number of phenolic OH excluding ortho intramolecular Hbond substituents is 1. The number of halogens is 2. The fourth-order valence-corrected chi connectivity index (χ4v) is 1.34. The number of hydrogen-bond acceptors (Lipinski definition) is 4. The molecule has 0 spiro atoms. The molecule has 3 N–H and O–H groups in total. The highest BCUT2D eigenvalue weighted by atomic mass is 19.3. The molecule has 0 aliphatic carbocycles. The first-order valence-electron chi connectivity index (χ1n) is 4.77. The summed E-state index contributed by atoms with van der Waals surface area (Å²) < 4.78 is 25.1. The minimum atomic E-state index is -2.74. The van der Waals surface area contributed by atoms with Gasteiger partial charge in [0, 0.05) is 6.07 Å².